The van der Waals surface area contributed by atoms with Gasteiger partial charge in [0.25, 0.3) is 0 Å². The van der Waals surface area contributed by atoms with E-state index in [0.29, 0.717) is 5.56 Å². The molecule has 1 atom stereocenters. The molecule has 0 bridgehead atoms. The number of carbonyl (C=O) groups is 2. The van der Waals surface area contributed by atoms with E-state index in [-0.39, 0.29) is 12.0 Å². The number of primary amides is 1. The molecule has 2 amide bonds. The number of nitrogens with two attached hydrogens (primary N) is 1. The van der Waals surface area contributed by atoms with Gasteiger partial charge in [-0.05, 0) is 11.6 Å². The van der Waals surface area contributed by atoms with Crippen molar-refractivity contribution in [1.82, 2.24) is 5.32 Å². The zero-order chi connectivity index (χ0) is 19.2. The Morgan fingerprint density at radius 1 is 1.04 bits per heavy atom. The van der Waals surface area contributed by atoms with E-state index < -0.39 is 36.4 Å². The third kappa shape index (κ3) is 5.51. The van der Waals surface area contributed by atoms with E-state index in [1.165, 1.54) is 18.2 Å². The molecule has 0 fully saturated rings. The number of esters is 1. The van der Waals surface area contributed by atoms with Crippen molar-refractivity contribution in [3.05, 3.63) is 71.3 Å². The number of halogens is 3. The quantitative estimate of drug-likeness (QED) is 0.767. The number of hydrogen-bond donors (Lipinski definition) is 2. The van der Waals surface area contributed by atoms with Gasteiger partial charge in [0.15, 0.2) is 0 Å². The van der Waals surface area contributed by atoms with Crippen molar-refractivity contribution in [1.29, 1.82) is 0 Å². The van der Waals surface area contributed by atoms with Crippen LogP contribution >= 0.6 is 0 Å². The molecule has 0 saturated carbocycles. The number of hydrogen-bond acceptors (Lipinski definition) is 3. The zero-order valence-electron chi connectivity index (χ0n) is 13.6. The molecule has 0 heterocycles. The second-order valence-corrected chi connectivity index (χ2v) is 5.49. The van der Waals surface area contributed by atoms with Crippen LogP contribution in [0.15, 0.2) is 54.6 Å². The van der Waals surface area contributed by atoms with Gasteiger partial charge < -0.3 is 15.8 Å². The smallest absolute Gasteiger partial charge is 0.416 e. The van der Waals surface area contributed by atoms with Gasteiger partial charge in [-0.2, -0.15) is 13.2 Å². The van der Waals surface area contributed by atoms with Crippen LogP contribution in [-0.2, 0) is 22.3 Å². The molecule has 0 radical (unpaired) electrons. The average molecular weight is 366 g/mol. The van der Waals surface area contributed by atoms with Crippen LogP contribution in [0.25, 0.3) is 0 Å². The summed E-state index contributed by atoms with van der Waals surface area (Å²) in [5.74, 6) is -0.760. The molecule has 0 aliphatic carbocycles. The van der Waals surface area contributed by atoms with Gasteiger partial charge in [-0.15, -0.1) is 0 Å². The first-order chi connectivity index (χ1) is 12.3. The molecule has 8 heteroatoms. The fourth-order valence-corrected chi connectivity index (χ4v) is 2.42. The van der Waals surface area contributed by atoms with Crippen LogP contribution in [0, 0.1) is 0 Å². The van der Waals surface area contributed by atoms with E-state index in [2.05, 4.69) is 5.32 Å². The lowest BCUT2D eigenvalue weighted by molar-refractivity contribution is -0.148. The van der Waals surface area contributed by atoms with Crippen molar-refractivity contribution in [3.8, 4) is 0 Å². The van der Waals surface area contributed by atoms with E-state index in [1.807, 2.05) is 0 Å². The van der Waals surface area contributed by atoms with Crippen molar-refractivity contribution >= 4 is 12.0 Å². The molecule has 138 valence electrons. The number of rotatable bonds is 6. The summed E-state index contributed by atoms with van der Waals surface area (Å²) in [6.45, 7) is -0.521. The fraction of sp³-hybridized carbons (Fsp3) is 0.222. The Labute approximate surface area is 148 Å². The number of nitrogens with one attached hydrogen (secondary N) is 1. The van der Waals surface area contributed by atoms with E-state index >= 15 is 0 Å². The molecule has 0 spiro atoms. The van der Waals surface area contributed by atoms with Crippen LogP contribution in [0.3, 0.4) is 0 Å². The van der Waals surface area contributed by atoms with Gasteiger partial charge in [0.05, 0.1) is 18.0 Å². The molecule has 26 heavy (non-hydrogen) atoms. The van der Waals surface area contributed by atoms with Crippen molar-refractivity contribution in [2.75, 3.05) is 0 Å². The standard InChI is InChI=1S/C18H17F3N2O3/c19-18(20,21)14-9-5-4-8-13(14)11-26-16(24)10-15(23-17(22)25)12-6-2-1-3-7-12/h1-9,15H,10-11H2,(H3,22,23,25). The lowest BCUT2D eigenvalue weighted by Crippen LogP contribution is -2.34. The maximum Gasteiger partial charge on any atom is 0.416 e. The number of urea groups is 1. The Kier molecular flexibility index (Phi) is 6.21. The largest absolute Gasteiger partial charge is 0.461 e. The molecule has 0 aliphatic heterocycles. The highest BCUT2D eigenvalue weighted by atomic mass is 19.4. The molecule has 2 rings (SSSR count). The molecule has 1 unspecified atom stereocenters. The van der Waals surface area contributed by atoms with E-state index in [4.69, 9.17) is 10.5 Å². The molecular formula is C18H17F3N2O3. The molecule has 0 saturated heterocycles. The van der Waals surface area contributed by atoms with Gasteiger partial charge in [-0.25, -0.2) is 4.79 Å². The summed E-state index contributed by atoms with van der Waals surface area (Å²) in [7, 11) is 0. The van der Waals surface area contributed by atoms with Crippen molar-refractivity contribution in [2.24, 2.45) is 5.73 Å². The van der Waals surface area contributed by atoms with Crippen molar-refractivity contribution < 1.29 is 27.5 Å². The summed E-state index contributed by atoms with van der Waals surface area (Å²) >= 11 is 0. The third-order valence-corrected chi connectivity index (χ3v) is 3.60. The van der Waals surface area contributed by atoms with Gasteiger partial charge >= 0.3 is 18.2 Å². The van der Waals surface area contributed by atoms with Crippen LogP contribution in [-0.4, -0.2) is 12.0 Å². The van der Waals surface area contributed by atoms with Crippen LogP contribution in [0.4, 0.5) is 18.0 Å². The fourth-order valence-electron chi connectivity index (χ4n) is 2.42. The van der Waals surface area contributed by atoms with Crippen LogP contribution in [0.2, 0.25) is 0 Å². The van der Waals surface area contributed by atoms with Gasteiger partial charge in [-0.3, -0.25) is 4.79 Å². The summed E-state index contributed by atoms with van der Waals surface area (Å²) in [6, 6.07) is 11.9. The van der Waals surface area contributed by atoms with Gasteiger partial charge in [0, 0.05) is 5.56 Å². The molecule has 3 N–H and O–H groups in total. The second-order valence-electron chi connectivity index (χ2n) is 5.49. The lowest BCUT2D eigenvalue weighted by atomic mass is 10.0. The predicted octanol–water partition coefficient (Wildman–Crippen LogP) is 3.55. The third-order valence-electron chi connectivity index (χ3n) is 3.60. The van der Waals surface area contributed by atoms with Crippen LogP contribution in [0.5, 0.6) is 0 Å². The summed E-state index contributed by atoms with van der Waals surface area (Å²) in [4.78, 5) is 23.2. The Bertz CT molecular complexity index is 764. The van der Waals surface area contributed by atoms with Crippen LogP contribution in [0.1, 0.15) is 29.2 Å². The number of ether oxygens (including phenoxy) is 1. The summed E-state index contributed by atoms with van der Waals surface area (Å²) < 4.78 is 43.8. The second kappa shape index (κ2) is 8.37. The molecular weight excluding hydrogens is 349 g/mol. The lowest BCUT2D eigenvalue weighted by Gasteiger charge is -2.18. The number of benzene rings is 2. The summed E-state index contributed by atoms with van der Waals surface area (Å²) in [6.07, 6.45) is -4.80. The first kappa shape index (κ1) is 19.3. The Balaban J connectivity index is 2.04. The number of alkyl halides is 3. The van der Waals surface area contributed by atoms with Crippen molar-refractivity contribution in [3.63, 3.8) is 0 Å². The van der Waals surface area contributed by atoms with Gasteiger partial charge in [0.1, 0.15) is 6.61 Å². The Hall–Kier alpha value is -3.03. The monoisotopic (exact) mass is 366 g/mol. The summed E-state index contributed by atoms with van der Waals surface area (Å²) in [5.41, 5.74) is 4.73. The van der Waals surface area contributed by atoms with E-state index in [0.717, 1.165) is 6.07 Å². The summed E-state index contributed by atoms with van der Waals surface area (Å²) in [5, 5.41) is 2.42. The Morgan fingerprint density at radius 2 is 1.65 bits per heavy atom. The van der Waals surface area contributed by atoms with E-state index in [9.17, 15) is 22.8 Å². The minimum absolute atomic E-state index is 0.146. The van der Waals surface area contributed by atoms with E-state index in [1.54, 1.807) is 30.3 Å². The Morgan fingerprint density at radius 3 is 2.27 bits per heavy atom. The molecule has 0 aromatic heterocycles. The normalized spacial score (nSPS) is 12.3. The molecule has 0 aliphatic rings. The maximum atomic E-state index is 12.9. The first-order valence-electron chi connectivity index (χ1n) is 7.69. The molecule has 2 aromatic rings. The molecule has 5 nitrogen and oxygen atoms in total. The van der Waals surface area contributed by atoms with Crippen LogP contribution < -0.4 is 11.1 Å². The number of amides is 2. The average Bonchev–Trinajstić information content (AvgIpc) is 2.59. The first-order valence-corrected chi connectivity index (χ1v) is 7.69. The van der Waals surface area contributed by atoms with Crippen molar-refractivity contribution in [2.45, 2.75) is 25.2 Å². The maximum absolute atomic E-state index is 12.9. The minimum Gasteiger partial charge on any atom is -0.461 e. The predicted molar refractivity (Wildman–Crippen MR) is 87.8 cm³/mol. The molecule has 2 aromatic carbocycles. The highest BCUT2D eigenvalue weighted by molar-refractivity contribution is 5.75. The van der Waals surface area contributed by atoms with Gasteiger partial charge in [0.2, 0.25) is 0 Å². The SMILES string of the molecule is NC(=O)NC(CC(=O)OCc1ccccc1C(F)(F)F)c1ccccc1. The highest BCUT2D eigenvalue weighted by Crippen LogP contribution is 2.32. The number of carbonyl (C=O) groups excluding carboxylic acids is 2. The topological polar surface area (TPSA) is 81.4 Å². The van der Waals surface area contributed by atoms with Gasteiger partial charge in [-0.1, -0.05) is 48.5 Å². The highest BCUT2D eigenvalue weighted by Gasteiger charge is 2.33. The minimum atomic E-state index is -4.54. The zero-order valence-corrected chi connectivity index (χ0v) is 13.6.